The van der Waals surface area contributed by atoms with Gasteiger partial charge in [-0.15, -0.1) is 11.6 Å². The maximum atomic E-state index is 13.4. The molecule has 1 aliphatic heterocycles. The summed E-state index contributed by atoms with van der Waals surface area (Å²) >= 11 is 22.3. The molecule has 3 rings (SSSR count). The summed E-state index contributed by atoms with van der Waals surface area (Å²) in [6.07, 6.45) is 0.0683. The highest BCUT2D eigenvalue weighted by atomic mass is 35.5. The van der Waals surface area contributed by atoms with Crippen LogP contribution in [0.3, 0.4) is 0 Å². The van der Waals surface area contributed by atoms with Crippen molar-refractivity contribution in [2.24, 2.45) is 0 Å². The third-order valence-corrected chi connectivity index (χ3v) is 6.63. The summed E-state index contributed by atoms with van der Waals surface area (Å²) in [5.74, 6) is -3.14. The normalized spacial score (nSPS) is 30.5. The Morgan fingerprint density at radius 1 is 1.32 bits per heavy atom. The molecule has 1 saturated carbocycles. The zero-order valence-electron chi connectivity index (χ0n) is 12.8. The van der Waals surface area contributed by atoms with Gasteiger partial charge in [-0.1, -0.05) is 23.2 Å². The number of benzene rings is 1. The monoisotopic (exact) mass is 428 g/mol. The van der Waals surface area contributed by atoms with Gasteiger partial charge in [-0.3, -0.25) is 9.59 Å². The van der Waals surface area contributed by atoms with E-state index >= 15 is 0 Å². The molecule has 0 aromatic heterocycles. The van der Waals surface area contributed by atoms with Crippen molar-refractivity contribution in [3.8, 4) is 0 Å². The minimum Gasteiger partial charge on any atom is -0.331 e. The lowest BCUT2D eigenvalue weighted by Crippen LogP contribution is -2.50. The molecule has 2 aliphatic rings. The Balaban J connectivity index is 1.83. The van der Waals surface area contributed by atoms with Crippen LogP contribution < -0.4 is 4.90 Å². The number of rotatable bonds is 3. The van der Waals surface area contributed by atoms with Crippen LogP contribution in [0.15, 0.2) is 18.2 Å². The molecule has 25 heavy (non-hydrogen) atoms. The van der Waals surface area contributed by atoms with Crippen molar-refractivity contribution in [2.75, 3.05) is 18.5 Å². The number of likely N-dealkylation sites (N-methyl/N-ethyl adjacent to an activating group) is 1. The first kappa shape index (κ1) is 19.0. The van der Waals surface area contributed by atoms with Gasteiger partial charge in [0.1, 0.15) is 10.4 Å². The molecule has 2 amide bonds. The van der Waals surface area contributed by atoms with Crippen molar-refractivity contribution in [1.82, 2.24) is 4.90 Å². The minimum atomic E-state index is -1.48. The number of halogens is 5. The molecule has 1 aromatic carbocycles. The first-order valence-corrected chi connectivity index (χ1v) is 8.93. The van der Waals surface area contributed by atoms with E-state index in [0.29, 0.717) is 0 Å². The third-order valence-electron chi connectivity index (χ3n) is 4.46. The summed E-state index contributed by atoms with van der Waals surface area (Å²) in [5.41, 5.74) is 0.183. The summed E-state index contributed by atoms with van der Waals surface area (Å²) in [4.78, 5) is 26.2. The lowest BCUT2D eigenvalue weighted by Gasteiger charge is -2.28. The van der Waals surface area contributed by atoms with E-state index < -0.39 is 43.9 Å². The number of hydrogen-bond acceptors (Lipinski definition) is 3. The standard InChI is InChI=1S/C15H13Cl3F2N2O2S/c1-21(13(24)14(16)6-15(14,17)18)11-10(25)5-22(12(11)23)7-2-3-8(19)9(20)4-7/h2-4,10-11,25H,5-6H2,1H3. The third kappa shape index (κ3) is 2.99. The molecular formula is C15H13Cl3F2N2O2S. The van der Waals surface area contributed by atoms with Gasteiger partial charge >= 0.3 is 0 Å². The van der Waals surface area contributed by atoms with Crippen molar-refractivity contribution in [3.05, 3.63) is 29.8 Å². The van der Waals surface area contributed by atoms with Gasteiger partial charge in [-0.25, -0.2) is 8.78 Å². The van der Waals surface area contributed by atoms with Gasteiger partial charge in [0, 0.05) is 37.0 Å². The molecule has 0 spiro atoms. The Labute approximate surface area is 163 Å². The number of alkyl halides is 3. The molecule has 4 nitrogen and oxygen atoms in total. The number of thiol groups is 1. The highest BCUT2D eigenvalue weighted by Gasteiger charge is 2.72. The zero-order valence-corrected chi connectivity index (χ0v) is 16.0. The van der Waals surface area contributed by atoms with Crippen LogP contribution in [0.25, 0.3) is 0 Å². The highest BCUT2D eigenvalue weighted by Crippen LogP contribution is 2.62. The predicted octanol–water partition coefficient (Wildman–Crippen LogP) is 2.99. The average molecular weight is 430 g/mol. The molecule has 0 radical (unpaired) electrons. The molecule has 1 saturated heterocycles. The minimum absolute atomic E-state index is 0.0683. The predicted molar refractivity (Wildman–Crippen MR) is 95.7 cm³/mol. The second kappa shape index (κ2) is 6.15. The molecule has 136 valence electrons. The smallest absolute Gasteiger partial charge is 0.251 e. The van der Waals surface area contributed by atoms with Gasteiger partial charge in [-0.2, -0.15) is 12.6 Å². The molecule has 0 N–H and O–H groups in total. The number of carbonyl (C=O) groups excluding carboxylic acids is 2. The van der Waals surface area contributed by atoms with E-state index in [0.717, 1.165) is 12.1 Å². The fourth-order valence-electron chi connectivity index (χ4n) is 2.91. The summed E-state index contributed by atoms with van der Waals surface area (Å²) in [7, 11) is 1.41. The van der Waals surface area contributed by atoms with Crippen LogP contribution in [0.1, 0.15) is 6.42 Å². The van der Waals surface area contributed by atoms with Gasteiger partial charge in [0.25, 0.3) is 5.91 Å². The summed E-state index contributed by atoms with van der Waals surface area (Å²) in [5, 5.41) is -0.548. The summed E-state index contributed by atoms with van der Waals surface area (Å²) in [6.45, 7) is 0.123. The van der Waals surface area contributed by atoms with Crippen LogP contribution in [0.2, 0.25) is 0 Å². The van der Waals surface area contributed by atoms with E-state index in [-0.39, 0.29) is 18.7 Å². The molecular weight excluding hydrogens is 417 g/mol. The van der Waals surface area contributed by atoms with Gasteiger partial charge in [0.15, 0.2) is 16.5 Å². The topological polar surface area (TPSA) is 40.6 Å². The maximum Gasteiger partial charge on any atom is 0.251 e. The molecule has 3 unspecified atom stereocenters. The van der Waals surface area contributed by atoms with Gasteiger partial charge in [0.05, 0.1) is 0 Å². The van der Waals surface area contributed by atoms with E-state index in [2.05, 4.69) is 12.6 Å². The van der Waals surface area contributed by atoms with Crippen molar-refractivity contribution >= 4 is 64.9 Å². The first-order valence-electron chi connectivity index (χ1n) is 7.28. The van der Waals surface area contributed by atoms with E-state index in [9.17, 15) is 18.4 Å². The van der Waals surface area contributed by atoms with Crippen molar-refractivity contribution < 1.29 is 18.4 Å². The lowest BCUT2D eigenvalue weighted by molar-refractivity contribution is -0.136. The molecule has 1 aliphatic carbocycles. The fraction of sp³-hybridized carbons (Fsp3) is 0.467. The molecule has 1 aromatic rings. The maximum absolute atomic E-state index is 13.4. The first-order chi connectivity index (χ1) is 11.5. The number of carbonyl (C=O) groups is 2. The average Bonchev–Trinajstić information content (AvgIpc) is 2.90. The second-order valence-electron chi connectivity index (χ2n) is 6.16. The Kier molecular flexibility index (Phi) is 4.68. The van der Waals surface area contributed by atoms with Crippen LogP contribution in [0.4, 0.5) is 14.5 Å². The van der Waals surface area contributed by atoms with E-state index in [1.54, 1.807) is 0 Å². The van der Waals surface area contributed by atoms with Gasteiger partial charge in [-0.05, 0) is 12.1 Å². The Hall–Kier alpha value is -0.760. The highest BCUT2D eigenvalue weighted by molar-refractivity contribution is 7.81. The van der Waals surface area contributed by atoms with Crippen LogP contribution in [0, 0.1) is 11.6 Å². The Bertz CT molecular complexity index is 766. The molecule has 2 fully saturated rings. The largest absolute Gasteiger partial charge is 0.331 e. The van der Waals surface area contributed by atoms with Crippen molar-refractivity contribution in [2.45, 2.75) is 26.9 Å². The molecule has 0 bridgehead atoms. The molecule has 1 heterocycles. The second-order valence-corrected chi connectivity index (χ2v) is 8.95. The van der Waals surface area contributed by atoms with Gasteiger partial charge < -0.3 is 9.80 Å². The summed E-state index contributed by atoms with van der Waals surface area (Å²) < 4.78 is 25.2. The molecule has 3 atom stereocenters. The van der Waals surface area contributed by atoms with Crippen LogP contribution in [-0.4, -0.2) is 50.8 Å². The number of hydrogen-bond donors (Lipinski definition) is 1. The Morgan fingerprint density at radius 3 is 2.44 bits per heavy atom. The lowest BCUT2D eigenvalue weighted by atomic mass is 10.2. The zero-order chi connectivity index (χ0) is 18.7. The quantitative estimate of drug-likeness (QED) is 0.593. The van der Waals surface area contributed by atoms with Crippen molar-refractivity contribution in [3.63, 3.8) is 0 Å². The fourth-order valence-corrected chi connectivity index (χ4v) is 4.43. The van der Waals surface area contributed by atoms with Crippen LogP contribution in [0.5, 0.6) is 0 Å². The van der Waals surface area contributed by atoms with E-state index in [1.165, 1.54) is 22.9 Å². The number of anilines is 1. The number of amides is 2. The van der Waals surface area contributed by atoms with Crippen molar-refractivity contribution in [1.29, 1.82) is 0 Å². The summed E-state index contributed by atoms with van der Waals surface area (Å²) in [6, 6.07) is 2.21. The molecule has 10 heteroatoms. The van der Waals surface area contributed by atoms with E-state index in [1.807, 2.05) is 0 Å². The van der Waals surface area contributed by atoms with Crippen LogP contribution >= 0.6 is 47.4 Å². The SMILES string of the molecule is CN(C(=O)C1(Cl)CC1(Cl)Cl)C1C(=O)N(c2ccc(F)c(F)c2)CC1S. The Morgan fingerprint density at radius 2 is 1.92 bits per heavy atom. The number of nitrogens with zero attached hydrogens (tertiary/aromatic N) is 2. The van der Waals surface area contributed by atoms with Gasteiger partial charge in [0.2, 0.25) is 5.91 Å². The van der Waals surface area contributed by atoms with Crippen LogP contribution in [-0.2, 0) is 9.59 Å². The van der Waals surface area contributed by atoms with E-state index in [4.69, 9.17) is 34.8 Å².